The van der Waals surface area contributed by atoms with Crippen molar-refractivity contribution < 1.29 is 0 Å². The smallest absolute Gasteiger partial charge is 0.267 e. The van der Waals surface area contributed by atoms with Crippen LogP contribution in [0, 0.1) is 6.92 Å². The van der Waals surface area contributed by atoms with Gasteiger partial charge in [0.25, 0.3) is 5.56 Å². The highest BCUT2D eigenvalue weighted by molar-refractivity contribution is 7.98. The van der Waals surface area contributed by atoms with Gasteiger partial charge in [0, 0.05) is 63.4 Å². The summed E-state index contributed by atoms with van der Waals surface area (Å²) in [6.07, 6.45) is 4.69. The molecule has 0 radical (unpaired) electrons. The lowest BCUT2D eigenvalue weighted by Crippen LogP contribution is -2.48. The van der Waals surface area contributed by atoms with Gasteiger partial charge >= 0.3 is 0 Å². The van der Waals surface area contributed by atoms with Crippen molar-refractivity contribution in [3.63, 3.8) is 0 Å². The summed E-state index contributed by atoms with van der Waals surface area (Å²) >= 11 is 1.88. The fourth-order valence-corrected chi connectivity index (χ4v) is 4.32. The summed E-state index contributed by atoms with van der Waals surface area (Å²) in [5.41, 5.74) is 3.32. The minimum Gasteiger partial charge on any atom is -0.338 e. The van der Waals surface area contributed by atoms with Gasteiger partial charge < -0.3 is 4.90 Å². The molecular formula is C18H24N6OS. The molecular weight excluding hydrogens is 348 g/mol. The van der Waals surface area contributed by atoms with Gasteiger partial charge in [-0.25, -0.2) is 14.6 Å². The molecule has 4 heterocycles. The summed E-state index contributed by atoms with van der Waals surface area (Å²) in [7, 11) is 0. The molecule has 4 rings (SSSR count). The van der Waals surface area contributed by atoms with Crippen LogP contribution in [0.1, 0.15) is 16.8 Å². The SMILES string of the molecule is Cc1cnc(N2CCN(CCn3nc4c(cc3=O)CSCC4)CC2)nc1. The van der Waals surface area contributed by atoms with Crippen LogP contribution in [0.3, 0.4) is 0 Å². The zero-order valence-electron chi connectivity index (χ0n) is 15.1. The summed E-state index contributed by atoms with van der Waals surface area (Å²) in [4.78, 5) is 25.7. The van der Waals surface area contributed by atoms with Crippen LogP contribution < -0.4 is 10.5 Å². The lowest BCUT2D eigenvalue weighted by Gasteiger charge is -2.34. The molecule has 7 nitrogen and oxygen atoms in total. The van der Waals surface area contributed by atoms with Crippen molar-refractivity contribution in [2.45, 2.75) is 25.6 Å². The van der Waals surface area contributed by atoms with Gasteiger partial charge in [-0.15, -0.1) is 0 Å². The van der Waals surface area contributed by atoms with Crippen molar-refractivity contribution in [3.8, 4) is 0 Å². The quantitative estimate of drug-likeness (QED) is 0.792. The Morgan fingerprint density at radius 3 is 2.65 bits per heavy atom. The molecule has 26 heavy (non-hydrogen) atoms. The van der Waals surface area contributed by atoms with Crippen LogP contribution >= 0.6 is 11.8 Å². The first-order valence-corrected chi connectivity index (χ1v) is 10.3. The van der Waals surface area contributed by atoms with Crippen molar-refractivity contribution in [1.82, 2.24) is 24.6 Å². The van der Waals surface area contributed by atoms with Crippen molar-refractivity contribution in [2.24, 2.45) is 0 Å². The monoisotopic (exact) mass is 372 g/mol. The number of thioether (sulfide) groups is 1. The van der Waals surface area contributed by atoms with E-state index >= 15 is 0 Å². The van der Waals surface area contributed by atoms with Crippen LogP contribution in [0.4, 0.5) is 5.95 Å². The summed E-state index contributed by atoms with van der Waals surface area (Å²) < 4.78 is 1.64. The lowest BCUT2D eigenvalue weighted by molar-refractivity contribution is 0.241. The Morgan fingerprint density at radius 2 is 1.88 bits per heavy atom. The van der Waals surface area contributed by atoms with E-state index in [2.05, 4.69) is 24.9 Å². The van der Waals surface area contributed by atoms with Gasteiger partial charge in [-0.05, 0) is 23.8 Å². The van der Waals surface area contributed by atoms with Crippen molar-refractivity contribution in [3.05, 3.63) is 45.6 Å². The van der Waals surface area contributed by atoms with Crippen molar-refractivity contribution in [1.29, 1.82) is 0 Å². The number of rotatable bonds is 4. The fourth-order valence-electron chi connectivity index (χ4n) is 3.37. The number of aryl methyl sites for hydroxylation is 2. The van der Waals surface area contributed by atoms with Gasteiger partial charge in [-0.1, -0.05) is 0 Å². The third-order valence-electron chi connectivity index (χ3n) is 4.96. The highest BCUT2D eigenvalue weighted by atomic mass is 32.2. The highest BCUT2D eigenvalue weighted by Gasteiger charge is 2.19. The highest BCUT2D eigenvalue weighted by Crippen LogP contribution is 2.21. The van der Waals surface area contributed by atoms with Gasteiger partial charge in [0.2, 0.25) is 5.95 Å². The number of aromatic nitrogens is 4. The van der Waals surface area contributed by atoms with Crippen LogP contribution in [-0.2, 0) is 18.7 Å². The van der Waals surface area contributed by atoms with Crippen LogP contribution in [0.5, 0.6) is 0 Å². The maximum atomic E-state index is 12.3. The van der Waals surface area contributed by atoms with Crippen molar-refractivity contribution >= 4 is 17.7 Å². The second-order valence-electron chi connectivity index (χ2n) is 6.87. The minimum absolute atomic E-state index is 0.0259. The van der Waals surface area contributed by atoms with E-state index in [1.807, 2.05) is 31.1 Å². The first-order chi connectivity index (χ1) is 12.7. The van der Waals surface area contributed by atoms with E-state index in [0.29, 0.717) is 6.54 Å². The van der Waals surface area contributed by atoms with Crippen LogP contribution in [0.25, 0.3) is 0 Å². The minimum atomic E-state index is 0.0259. The zero-order chi connectivity index (χ0) is 17.9. The average molecular weight is 372 g/mol. The number of nitrogens with zero attached hydrogens (tertiary/aromatic N) is 6. The van der Waals surface area contributed by atoms with Gasteiger partial charge in [0.05, 0.1) is 12.2 Å². The molecule has 2 aromatic rings. The van der Waals surface area contributed by atoms with Crippen LogP contribution in [0.2, 0.25) is 0 Å². The van der Waals surface area contributed by atoms with Gasteiger partial charge in [0.1, 0.15) is 0 Å². The summed E-state index contributed by atoms with van der Waals surface area (Å²) in [5.74, 6) is 2.82. The molecule has 0 bridgehead atoms. The number of anilines is 1. The molecule has 0 saturated carbocycles. The Morgan fingerprint density at radius 1 is 1.12 bits per heavy atom. The van der Waals surface area contributed by atoms with Crippen LogP contribution in [0.15, 0.2) is 23.3 Å². The van der Waals surface area contributed by atoms with E-state index in [-0.39, 0.29) is 5.56 Å². The molecule has 1 fully saturated rings. The third-order valence-corrected chi connectivity index (χ3v) is 5.96. The van der Waals surface area contributed by atoms with Gasteiger partial charge in [-0.2, -0.15) is 16.9 Å². The molecule has 1 saturated heterocycles. The third kappa shape index (κ3) is 3.91. The second-order valence-corrected chi connectivity index (χ2v) is 7.97. The molecule has 0 aliphatic carbocycles. The number of hydrogen-bond donors (Lipinski definition) is 0. The fraction of sp³-hybridized carbons (Fsp3) is 0.556. The molecule has 0 amide bonds. The largest absolute Gasteiger partial charge is 0.338 e. The molecule has 2 aliphatic heterocycles. The first-order valence-electron chi connectivity index (χ1n) is 9.13. The summed E-state index contributed by atoms with van der Waals surface area (Å²) in [6, 6.07) is 1.78. The van der Waals surface area contributed by atoms with Gasteiger partial charge in [0.15, 0.2) is 0 Å². The molecule has 0 unspecified atom stereocenters. The Labute approximate surface area is 157 Å². The maximum Gasteiger partial charge on any atom is 0.267 e. The topological polar surface area (TPSA) is 67.2 Å². The lowest BCUT2D eigenvalue weighted by atomic mass is 10.2. The molecule has 2 aliphatic rings. The molecule has 0 spiro atoms. The molecule has 0 atom stereocenters. The number of fused-ring (bicyclic) bond motifs is 1. The molecule has 0 N–H and O–H groups in total. The van der Waals surface area contributed by atoms with E-state index < -0.39 is 0 Å². The first kappa shape index (κ1) is 17.5. The van der Waals surface area contributed by atoms with E-state index in [9.17, 15) is 4.79 Å². The zero-order valence-corrected chi connectivity index (χ0v) is 15.9. The Bertz CT molecular complexity index is 813. The number of piperazine rings is 1. The maximum absolute atomic E-state index is 12.3. The molecule has 0 aromatic carbocycles. The van der Waals surface area contributed by atoms with Crippen LogP contribution in [-0.4, -0.2) is 63.1 Å². The average Bonchev–Trinajstić information content (AvgIpc) is 2.67. The van der Waals surface area contributed by atoms with E-state index in [1.165, 1.54) is 0 Å². The second kappa shape index (κ2) is 7.75. The van der Waals surface area contributed by atoms with E-state index in [4.69, 9.17) is 0 Å². The molecule has 8 heteroatoms. The summed E-state index contributed by atoms with van der Waals surface area (Å²) in [6.45, 7) is 7.22. The normalized spacial score (nSPS) is 18.0. The molecule has 2 aromatic heterocycles. The van der Waals surface area contributed by atoms with E-state index in [0.717, 1.165) is 73.4 Å². The molecule has 138 valence electrons. The predicted molar refractivity (Wildman–Crippen MR) is 104 cm³/mol. The van der Waals surface area contributed by atoms with Crippen molar-refractivity contribution in [2.75, 3.05) is 43.4 Å². The Kier molecular flexibility index (Phi) is 5.21. The Balaban J connectivity index is 1.32. The standard InChI is InChI=1S/C18H24N6OS/c1-14-11-19-18(20-12-14)23-6-3-22(4-7-23)5-8-24-17(25)10-15-13-26-9-2-16(15)21-24/h10-12H,2-9,13H2,1H3. The predicted octanol–water partition coefficient (Wildman–Crippen LogP) is 0.953. The Hall–Kier alpha value is -1.93. The van der Waals surface area contributed by atoms with Gasteiger partial charge in [-0.3, -0.25) is 9.69 Å². The van der Waals surface area contributed by atoms with E-state index in [1.54, 1.807) is 10.7 Å². The summed E-state index contributed by atoms with van der Waals surface area (Å²) in [5, 5.41) is 4.60. The number of hydrogen-bond acceptors (Lipinski definition) is 7.